The predicted octanol–water partition coefficient (Wildman–Crippen LogP) is 5.79. The van der Waals surface area contributed by atoms with Crippen LogP contribution in [0.15, 0.2) is 53.0 Å². The zero-order chi connectivity index (χ0) is 21.7. The highest BCUT2D eigenvalue weighted by Gasteiger charge is 2.19. The molecule has 0 atom stereocenters. The Morgan fingerprint density at radius 3 is 2.57 bits per heavy atom. The van der Waals surface area contributed by atoms with Gasteiger partial charge in [0, 0.05) is 25.7 Å². The molecular weight excluding hydrogens is 462 g/mol. The van der Waals surface area contributed by atoms with E-state index in [1.54, 1.807) is 0 Å². The lowest BCUT2D eigenvalue weighted by Gasteiger charge is -2.20. The van der Waals surface area contributed by atoms with E-state index in [1.165, 1.54) is 4.90 Å². The first-order valence-electron chi connectivity index (χ1n) is 9.97. The molecule has 0 bridgehead atoms. The molecule has 0 aliphatic rings. The summed E-state index contributed by atoms with van der Waals surface area (Å²) in [6, 6.07) is 16.5. The summed E-state index contributed by atoms with van der Waals surface area (Å²) < 4.78 is 8.91. The highest BCUT2D eigenvalue weighted by atomic mass is 79.9. The summed E-state index contributed by atoms with van der Waals surface area (Å²) in [7, 11) is -1.18. The largest absolute Gasteiger partial charge is 0.465 e. The molecule has 8 heteroatoms. The summed E-state index contributed by atoms with van der Waals surface area (Å²) in [5.74, 6) is 0.675. The summed E-state index contributed by atoms with van der Waals surface area (Å²) in [5, 5.41) is 9.76. The maximum Gasteiger partial charge on any atom is 0.408 e. The summed E-state index contributed by atoms with van der Waals surface area (Å²) in [5.41, 5.74) is 2.70. The fourth-order valence-electron chi connectivity index (χ4n) is 3.11. The van der Waals surface area contributed by atoms with Gasteiger partial charge in [-0.25, -0.2) is 9.78 Å². The summed E-state index contributed by atoms with van der Waals surface area (Å²) in [6.07, 6.45) is -0.974. The average Bonchev–Trinajstić information content (AvgIpc) is 3.01. The number of nitrogens with zero attached hydrogens (tertiary/aromatic N) is 3. The van der Waals surface area contributed by atoms with Crippen molar-refractivity contribution in [3.63, 3.8) is 0 Å². The highest BCUT2D eigenvalue weighted by Crippen LogP contribution is 2.23. The van der Waals surface area contributed by atoms with Crippen LogP contribution in [-0.4, -0.2) is 40.3 Å². The first kappa shape index (κ1) is 22.5. The van der Waals surface area contributed by atoms with Crippen LogP contribution < -0.4 is 0 Å². The van der Waals surface area contributed by atoms with Crippen molar-refractivity contribution in [2.75, 3.05) is 6.61 Å². The topological polar surface area (TPSA) is 67.6 Å². The third kappa shape index (κ3) is 6.17. The van der Waals surface area contributed by atoms with Crippen molar-refractivity contribution >= 4 is 41.1 Å². The van der Waals surface area contributed by atoms with Crippen LogP contribution in [0, 0.1) is 0 Å². The average molecular weight is 490 g/mol. The molecule has 0 spiro atoms. The number of hydrogen-bond donors (Lipinski definition) is 1. The lowest BCUT2D eigenvalue weighted by Crippen LogP contribution is -2.30. The zero-order valence-electron chi connectivity index (χ0n) is 17.6. The van der Waals surface area contributed by atoms with Gasteiger partial charge in [0.25, 0.3) is 0 Å². The summed E-state index contributed by atoms with van der Waals surface area (Å²) in [4.78, 5) is 18.0. The van der Waals surface area contributed by atoms with Gasteiger partial charge < -0.3 is 14.4 Å². The molecule has 1 aromatic heterocycles. The van der Waals surface area contributed by atoms with E-state index in [0.717, 1.165) is 27.1 Å². The van der Waals surface area contributed by atoms with Gasteiger partial charge >= 0.3 is 6.09 Å². The Bertz CT molecular complexity index is 1000. The van der Waals surface area contributed by atoms with E-state index in [1.807, 2.05) is 53.1 Å². The number of carbonyl (C=O) groups is 1. The number of aromatic nitrogens is 2. The second-order valence-corrected chi connectivity index (χ2v) is 15.1. The molecule has 1 heterocycles. The summed E-state index contributed by atoms with van der Waals surface area (Å²) in [6.45, 7) is 8.49. The Kier molecular flexibility index (Phi) is 7.33. The Morgan fingerprint density at radius 1 is 1.17 bits per heavy atom. The number of benzene rings is 2. The van der Waals surface area contributed by atoms with Gasteiger partial charge in [-0.15, -0.1) is 0 Å². The number of halogens is 1. The molecule has 0 saturated heterocycles. The zero-order valence-corrected chi connectivity index (χ0v) is 20.2. The van der Waals surface area contributed by atoms with Gasteiger partial charge in [0.2, 0.25) is 0 Å². The van der Waals surface area contributed by atoms with Crippen LogP contribution in [-0.2, 0) is 24.6 Å². The van der Waals surface area contributed by atoms with Crippen molar-refractivity contribution in [2.24, 2.45) is 0 Å². The van der Waals surface area contributed by atoms with Crippen LogP contribution in [0.1, 0.15) is 11.4 Å². The fraction of sp³-hybridized carbons (Fsp3) is 0.364. The van der Waals surface area contributed by atoms with Crippen LogP contribution in [0.25, 0.3) is 11.0 Å². The second-order valence-electron chi connectivity index (χ2n) is 8.56. The van der Waals surface area contributed by atoms with Gasteiger partial charge in [0.15, 0.2) is 0 Å². The quantitative estimate of drug-likeness (QED) is 0.305. The molecule has 30 heavy (non-hydrogen) atoms. The van der Waals surface area contributed by atoms with Crippen LogP contribution in [0.4, 0.5) is 4.79 Å². The smallest absolute Gasteiger partial charge is 0.408 e. The number of ether oxygens (including phenoxy) is 1. The maximum atomic E-state index is 11.9. The van der Waals surface area contributed by atoms with E-state index in [4.69, 9.17) is 9.72 Å². The van der Waals surface area contributed by atoms with Crippen LogP contribution in [0.5, 0.6) is 0 Å². The minimum atomic E-state index is -1.18. The first-order valence-corrected chi connectivity index (χ1v) is 14.5. The molecule has 0 aliphatic heterocycles. The van der Waals surface area contributed by atoms with E-state index in [-0.39, 0.29) is 6.54 Å². The number of imidazole rings is 1. The number of carboxylic acid groups (broad SMARTS) is 1. The van der Waals surface area contributed by atoms with Gasteiger partial charge in [-0.3, -0.25) is 4.90 Å². The fourth-order valence-corrected chi connectivity index (χ4v) is 4.22. The highest BCUT2D eigenvalue weighted by molar-refractivity contribution is 9.10. The van der Waals surface area contributed by atoms with Gasteiger partial charge in [-0.05, 0) is 29.8 Å². The van der Waals surface area contributed by atoms with E-state index in [2.05, 4.69) is 35.6 Å². The molecule has 0 fully saturated rings. The normalized spacial score (nSPS) is 11.7. The molecule has 3 rings (SSSR count). The third-order valence-electron chi connectivity index (χ3n) is 4.83. The van der Waals surface area contributed by atoms with Gasteiger partial charge in [-0.2, -0.15) is 0 Å². The molecule has 160 valence electrons. The van der Waals surface area contributed by atoms with Crippen molar-refractivity contribution < 1.29 is 14.6 Å². The van der Waals surface area contributed by atoms with Crippen LogP contribution in [0.2, 0.25) is 25.7 Å². The molecule has 3 aromatic rings. The maximum absolute atomic E-state index is 11.9. The standard InChI is InChI=1S/C22H28BrN3O3Si/c1-30(2,3)12-11-29-16-26-20-13-18(23)9-10-19(20)24-21(26)15-25(22(27)28)14-17-7-5-4-6-8-17/h4-10,13H,11-12,14-16H2,1-3H3,(H,27,28). The lowest BCUT2D eigenvalue weighted by molar-refractivity contribution is 0.0847. The van der Waals surface area contributed by atoms with Gasteiger partial charge in [-0.1, -0.05) is 65.9 Å². The molecule has 1 N–H and O–H groups in total. The summed E-state index contributed by atoms with van der Waals surface area (Å²) >= 11 is 3.52. The first-order chi connectivity index (χ1) is 14.2. The van der Waals surface area contributed by atoms with Crippen molar-refractivity contribution in [3.05, 3.63) is 64.4 Å². The molecule has 1 amide bonds. The minimum Gasteiger partial charge on any atom is -0.465 e. The van der Waals surface area contributed by atoms with E-state index >= 15 is 0 Å². The van der Waals surface area contributed by atoms with E-state index in [9.17, 15) is 9.90 Å². The molecule has 0 unspecified atom stereocenters. The van der Waals surface area contributed by atoms with Crippen LogP contribution in [0.3, 0.4) is 0 Å². The third-order valence-corrected chi connectivity index (χ3v) is 7.02. The Balaban J connectivity index is 1.84. The molecular formula is C22H28BrN3O3Si. The molecule has 2 aromatic carbocycles. The SMILES string of the molecule is C[Si](C)(C)CCOCn1c(CN(Cc2ccccc2)C(=O)O)nc2ccc(Br)cc21. The number of fused-ring (bicyclic) bond motifs is 1. The van der Waals surface area contributed by atoms with Crippen molar-refractivity contribution in [1.82, 2.24) is 14.5 Å². The van der Waals surface area contributed by atoms with E-state index in [0.29, 0.717) is 25.7 Å². The van der Waals surface area contributed by atoms with Crippen molar-refractivity contribution in [1.29, 1.82) is 0 Å². The van der Waals surface area contributed by atoms with E-state index < -0.39 is 14.2 Å². The molecule has 0 saturated carbocycles. The lowest BCUT2D eigenvalue weighted by atomic mass is 10.2. The Morgan fingerprint density at radius 2 is 1.90 bits per heavy atom. The molecule has 0 radical (unpaired) electrons. The Hall–Kier alpha value is -2.16. The monoisotopic (exact) mass is 489 g/mol. The Labute approximate surface area is 186 Å². The number of amides is 1. The number of rotatable bonds is 9. The molecule has 0 aliphatic carbocycles. The van der Waals surface area contributed by atoms with Crippen molar-refractivity contribution in [2.45, 2.75) is 45.5 Å². The van der Waals surface area contributed by atoms with Gasteiger partial charge in [0.1, 0.15) is 12.6 Å². The minimum absolute atomic E-state index is 0.188. The van der Waals surface area contributed by atoms with Crippen molar-refractivity contribution in [3.8, 4) is 0 Å². The number of hydrogen-bond acceptors (Lipinski definition) is 3. The van der Waals surface area contributed by atoms with Gasteiger partial charge in [0.05, 0.1) is 17.6 Å². The van der Waals surface area contributed by atoms with Crippen LogP contribution >= 0.6 is 15.9 Å². The molecule has 6 nitrogen and oxygen atoms in total. The predicted molar refractivity (Wildman–Crippen MR) is 125 cm³/mol. The second kappa shape index (κ2) is 9.76.